The number of hydrogen-bond donors (Lipinski definition) is 1. The molecule has 4 heteroatoms. The molecule has 13 heavy (non-hydrogen) atoms. The summed E-state index contributed by atoms with van der Waals surface area (Å²) in [6.45, 7) is 3.87. The Kier molecular flexibility index (Phi) is 5.37. The Morgan fingerprint density at radius 1 is 1.54 bits per heavy atom. The van der Waals surface area contributed by atoms with E-state index >= 15 is 0 Å². The van der Waals surface area contributed by atoms with Crippen LogP contribution in [0, 0.1) is 11.3 Å². The number of carboxylic acids is 1. The Hall–Kier alpha value is -1.50. The third kappa shape index (κ3) is 3.61. The third-order valence-electron chi connectivity index (χ3n) is 1.42. The van der Waals surface area contributed by atoms with Crippen molar-refractivity contribution in [2.75, 3.05) is 6.61 Å². The molecule has 0 aromatic carbocycles. The Balaban J connectivity index is 4.80. The Bertz CT molecular complexity index is 250. The van der Waals surface area contributed by atoms with Gasteiger partial charge in [-0.15, -0.1) is 0 Å². The van der Waals surface area contributed by atoms with Crippen molar-refractivity contribution in [3.05, 3.63) is 11.3 Å². The van der Waals surface area contributed by atoms with Crippen molar-refractivity contribution in [3.63, 3.8) is 0 Å². The summed E-state index contributed by atoms with van der Waals surface area (Å²) < 4.78 is 4.90. The van der Waals surface area contributed by atoms with Gasteiger partial charge in [-0.2, -0.15) is 5.26 Å². The van der Waals surface area contributed by atoms with E-state index < -0.39 is 5.97 Å². The molecule has 0 spiro atoms. The summed E-state index contributed by atoms with van der Waals surface area (Å²) in [5.74, 6) is -1.15. The summed E-state index contributed by atoms with van der Waals surface area (Å²) in [4.78, 5) is 10.7. The van der Waals surface area contributed by atoms with Crippen molar-refractivity contribution in [2.24, 2.45) is 0 Å². The SMILES string of the molecule is CCCC(C(=O)O)=C(C#N)OCC. The van der Waals surface area contributed by atoms with Gasteiger partial charge in [0.25, 0.3) is 0 Å². The van der Waals surface area contributed by atoms with Gasteiger partial charge in [-0.3, -0.25) is 0 Å². The fraction of sp³-hybridized carbons (Fsp3) is 0.556. The molecular formula is C9H13NO3. The normalized spacial score (nSPS) is 11.5. The van der Waals surface area contributed by atoms with E-state index in [1.165, 1.54) is 0 Å². The molecule has 0 fully saturated rings. The van der Waals surface area contributed by atoms with Crippen LogP contribution < -0.4 is 0 Å². The second-order valence-corrected chi connectivity index (χ2v) is 2.41. The third-order valence-corrected chi connectivity index (χ3v) is 1.42. The summed E-state index contributed by atoms with van der Waals surface area (Å²) in [5, 5.41) is 17.4. The molecule has 0 aliphatic carbocycles. The van der Waals surface area contributed by atoms with Crippen LogP contribution in [0.3, 0.4) is 0 Å². The van der Waals surface area contributed by atoms with Gasteiger partial charge in [0.2, 0.25) is 5.76 Å². The number of nitriles is 1. The number of aliphatic carboxylic acids is 1. The highest BCUT2D eigenvalue weighted by molar-refractivity contribution is 5.87. The molecule has 0 aliphatic heterocycles. The summed E-state index contributed by atoms with van der Waals surface area (Å²) in [5.41, 5.74) is 0.0619. The van der Waals surface area contributed by atoms with Crippen LogP contribution in [0.25, 0.3) is 0 Å². The molecule has 0 saturated heterocycles. The van der Waals surface area contributed by atoms with Gasteiger partial charge in [0.15, 0.2) is 0 Å². The minimum atomic E-state index is -1.08. The van der Waals surface area contributed by atoms with Crippen molar-refractivity contribution in [1.29, 1.82) is 5.26 Å². The molecule has 0 heterocycles. The molecule has 0 aromatic rings. The molecule has 0 atom stereocenters. The maximum atomic E-state index is 10.7. The van der Waals surface area contributed by atoms with E-state index in [1.807, 2.05) is 6.92 Å². The molecular weight excluding hydrogens is 170 g/mol. The number of carboxylic acid groups (broad SMARTS) is 1. The first-order chi connectivity index (χ1) is 6.17. The largest absolute Gasteiger partial charge is 0.484 e. The van der Waals surface area contributed by atoms with Gasteiger partial charge < -0.3 is 9.84 Å². The number of nitrogens with zero attached hydrogens (tertiary/aromatic N) is 1. The van der Waals surface area contributed by atoms with Crippen LogP contribution >= 0.6 is 0 Å². The fourth-order valence-electron chi connectivity index (χ4n) is 0.899. The number of allylic oxidation sites excluding steroid dienone is 1. The fourth-order valence-corrected chi connectivity index (χ4v) is 0.899. The zero-order valence-electron chi connectivity index (χ0n) is 7.83. The summed E-state index contributed by atoms with van der Waals surface area (Å²) in [7, 11) is 0. The van der Waals surface area contributed by atoms with Crippen LogP contribution in [-0.4, -0.2) is 17.7 Å². The summed E-state index contributed by atoms with van der Waals surface area (Å²) in [6, 6.07) is 1.75. The van der Waals surface area contributed by atoms with Crippen molar-refractivity contribution < 1.29 is 14.6 Å². The predicted octanol–water partition coefficient (Wildman–Crippen LogP) is 1.69. The van der Waals surface area contributed by atoms with Crippen molar-refractivity contribution in [2.45, 2.75) is 26.7 Å². The quantitative estimate of drug-likeness (QED) is 0.400. The Labute approximate surface area is 77.4 Å². The number of hydrogen-bond acceptors (Lipinski definition) is 3. The Morgan fingerprint density at radius 3 is 2.46 bits per heavy atom. The number of carbonyl (C=O) groups is 1. The standard InChI is InChI=1S/C9H13NO3/c1-3-5-7(9(11)12)8(6-10)13-4-2/h3-5H2,1-2H3,(H,11,12). The lowest BCUT2D eigenvalue weighted by atomic mass is 10.1. The van der Waals surface area contributed by atoms with Crippen LogP contribution in [0.15, 0.2) is 11.3 Å². The van der Waals surface area contributed by atoms with E-state index in [2.05, 4.69) is 0 Å². The molecule has 0 aromatic heterocycles. The molecule has 4 nitrogen and oxygen atoms in total. The van der Waals surface area contributed by atoms with Gasteiger partial charge >= 0.3 is 5.97 Å². The highest BCUT2D eigenvalue weighted by atomic mass is 16.5. The number of ether oxygens (including phenoxy) is 1. The topological polar surface area (TPSA) is 70.3 Å². The van der Waals surface area contributed by atoms with Gasteiger partial charge in [-0.25, -0.2) is 4.79 Å². The van der Waals surface area contributed by atoms with E-state index in [1.54, 1.807) is 13.0 Å². The molecule has 72 valence electrons. The van der Waals surface area contributed by atoms with E-state index in [4.69, 9.17) is 15.1 Å². The van der Waals surface area contributed by atoms with Crippen LogP contribution in [0.2, 0.25) is 0 Å². The molecule has 1 N–H and O–H groups in total. The first-order valence-corrected chi connectivity index (χ1v) is 4.16. The van der Waals surface area contributed by atoms with Crippen molar-refractivity contribution in [1.82, 2.24) is 0 Å². The second kappa shape index (κ2) is 6.06. The molecule has 0 unspecified atom stereocenters. The van der Waals surface area contributed by atoms with Crippen molar-refractivity contribution >= 4 is 5.97 Å². The zero-order chi connectivity index (χ0) is 10.3. The lowest BCUT2D eigenvalue weighted by molar-refractivity contribution is -0.133. The minimum Gasteiger partial charge on any atom is -0.484 e. The maximum Gasteiger partial charge on any atom is 0.336 e. The van der Waals surface area contributed by atoms with Gasteiger partial charge in [0, 0.05) is 0 Å². The Morgan fingerprint density at radius 2 is 2.15 bits per heavy atom. The molecule has 0 bridgehead atoms. The lowest BCUT2D eigenvalue weighted by Gasteiger charge is -2.04. The summed E-state index contributed by atoms with van der Waals surface area (Å²) in [6.07, 6.45) is 1.04. The van der Waals surface area contributed by atoms with Crippen LogP contribution in [-0.2, 0) is 9.53 Å². The molecule has 0 aliphatic rings. The smallest absolute Gasteiger partial charge is 0.336 e. The summed E-state index contributed by atoms with van der Waals surface area (Å²) >= 11 is 0. The van der Waals surface area contributed by atoms with E-state index in [0.29, 0.717) is 19.4 Å². The van der Waals surface area contributed by atoms with Gasteiger partial charge in [0.1, 0.15) is 6.07 Å². The van der Waals surface area contributed by atoms with Crippen LogP contribution in [0.5, 0.6) is 0 Å². The highest BCUT2D eigenvalue weighted by Gasteiger charge is 2.14. The van der Waals surface area contributed by atoms with Crippen LogP contribution in [0.4, 0.5) is 0 Å². The molecule has 0 amide bonds. The second-order valence-electron chi connectivity index (χ2n) is 2.41. The predicted molar refractivity (Wildman–Crippen MR) is 46.8 cm³/mol. The minimum absolute atomic E-state index is 0.0619. The maximum absolute atomic E-state index is 10.7. The van der Waals surface area contributed by atoms with E-state index in [9.17, 15) is 4.79 Å². The van der Waals surface area contributed by atoms with Crippen LogP contribution in [0.1, 0.15) is 26.7 Å². The molecule has 0 radical (unpaired) electrons. The molecule has 0 saturated carbocycles. The average Bonchev–Trinajstić information content (AvgIpc) is 2.10. The van der Waals surface area contributed by atoms with Gasteiger partial charge in [-0.1, -0.05) is 13.3 Å². The highest BCUT2D eigenvalue weighted by Crippen LogP contribution is 2.12. The number of rotatable bonds is 5. The van der Waals surface area contributed by atoms with E-state index in [0.717, 1.165) is 0 Å². The van der Waals surface area contributed by atoms with Gasteiger partial charge in [-0.05, 0) is 13.3 Å². The monoisotopic (exact) mass is 183 g/mol. The van der Waals surface area contributed by atoms with Crippen molar-refractivity contribution in [3.8, 4) is 6.07 Å². The van der Waals surface area contributed by atoms with E-state index in [-0.39, 0.29) is 11.3 Å². The first-order valence-electron chi connectivity index (χ1n) is 4.16. The lowest BCUT2D eigenvalue weighted by Crippen LogP contribution is -2.06. The van der Waals surface area contributed by atoms with Gasteiger partial charge in [0.05, 0.1) is 12.2 Å². The zero-order valence-corrected chi connectivity index (χ0v) is 7.83. The first kappa shape index (κ1) is 11.5. The average molecular weight is 183 g/mol. The molecule has 0 rings (SSSR count).